The second-order valence-corrected chi connectivity index (χ2v) is 3.78. The van der Waals surface area contributed by atoms with Gasteiger partial charge in [0.25, 0.3) is 0 Å². The van der Waals surface area contributed by atoms with Gasteiger partial charge in [-0.3, -0.25) is 4.79 Å². The molecule has 0 spiro atoms. The Balaban J connectivity index is 2.29. The van der Waals surface area contributed by atoms with E-state index in [4.69, 9.17) is 4.74 Å². The number of ether oxygens (including phenoxy) is 1. The summed E-state index contributed by atoms with van der Waals surface area (Å²) in [6, 6.07) is 8.71. The Labute approximate surface area is 100 Å². The van der Waals surface area contributed by atoms with Crippen molar-refractivity contribution in [1.29, 1.82) is 0 Å². The van der Waals surface area contributed by atoms with E-state index >= 15 is 0 Å². The molecule has 0 aliphatic carbocycles. The van der Waals surface area contributed by atoms with Crippen molar-refractivity contribution in [2.75, 3.05) is 6.54 Å². The number of carbonyl (C=O) groups is 2. The highest BCUT2D eigenvalue weighted by Crippen LogP contribution is 2.07. The molecule has 5 heteroatoms. The molecule has 1 aromatic carbocycles. The fraction of sp³-hybridized carbons (Fsp3) is 0.333. The summed E-state index contributed by atoms with van der Waals surface area (Å²) in [6.45, 7) is 3.60. The number of nitrogens with one attached hydrogen (secondary N) is 2. The van der Waals surface area contributed by atoms with Crippen LogP contribution in [0.3, 0.4) is 0 Å². The predicted octanol–water partition coefficient (Wildman–Crippen LogP) is 1.30. The van der Waals surface area contributed by atoms with E-state index in [0.29, 0.717) is 5.75 Å². The molecule has 1 rings (SSSR count). The molecule has 5 nitrogen and oxygen atoms in total. The molecule has 92 valence electrons. The first-order valence-electron chi connectivity index (χ1n) is 5.38. The average Bonchev–Trinajstić information content (AvgIpc) is 2.27. The van der Waals surface area contributed by atoms with Crippen molar-refractivity contribution < 1.29 is 14.3 Å². The van der Waals surface area contributed by atoms with Gasteiger partial charge in [0, 0.05) is 6.04 Å². The molecule has 2 amide bonds. The molecule has 0 fully saturated rings. The first-order chi connectivity index (χ1) is 8.08. The van der Waals surface area contributed by atoms with Gasteiger partial charge in [0.1, 0.15) is 12.3 Å². The van der Waals surface area contributed by atoms with Gasteiger partial charge >= 0.3 is 6.09 Å². The van der Waals surface area contributed by atoms with Crippen LogP contribution in [-0.4, -0.2) is 24.6 Å². The zero-order chi connectivity index (χ0) is 12.7. The standard InChI is InChI=1S/C12H16N2O3/c1-9(2)14-11(15)8-13-12(16)17-10-6-4-3-5-7-10/h3-7,9H,8H2,1-2H3,(H,13,16)(H,14,15). The highest BCUT2D eigenvalue weighted by atomic mass is 16.6. The van der Waals surface area contributed by atoms with E-state index in [2.05, 4.69) is 10.6 Å². The largest absolute Gasteiger partial charge is 0.413 e. The van der Waals surface area contributed by atoms with Gasteiger partial charge < -0.3 is 15.4 Å². The maximum absolute atomic E-state index is 11.3. The molecule has 0 saturated heterocycles. The van der Waals surface area contributed by atoms with Gasteiger partial charge in [-0.05, 0) is 26.0 Å². The summed E-state index contributed by atoms with van der Waals surface area (Å²) in [4.78, 5) is 22.5. The molecule has 2 N–H and O–H groups in total. The highest BCUT2D eigenvalue weighted by molar-refractivity contribution is 5.82. The number of hydrogen-bond acceptors (Lipinski definition) is 3. The Morgan fingerprint density at radius 3 is 2.47 bits per heavy atom. The van der Waals surface area contributed by atoms with Crippen molar-refractivity contribution in [3.63, 3.8) is 0 Å². The van der Waals surface area contributed by atoms with Gasteiger partial charge in [0.2, 0.25) is 5.91 Å². The average molecular weight is 236 g/mol. The molecular formula is C12H16N2O3. The number of amides is 2. The van der Waals surface area contributed by atoms with Crippen LogP contribution in [0, 0.1) is 0 Å². The summed E-state index contributed by atoms with van der Waals surface area (Å²) in [5.74, 6) is 0.194. The first kappa shape index (κ1) is 13.0. The van der Waals surface area contributed by atoms with E-state index in [1.54, 1.807) is 24.3 Å². The third kappa shape index (κ3) is 5.55. The lowest BCUT2D eigenvalue weighted by Gasteiger charge is -2.09. The molecule has 1 aromatic rings. The van der Waals surface area contributed by atoms with Crippen LogP contribution in [0.4, 0.5) is 4.79 Å². The minimum Gasteiger partial charge on any atom is -0.410 e. The van der Waals surface area contributed by atoms with Gasteiger partial charge in [-0.15, -0.1) is 0 Å². The number of rotatable bonds is 4. The zero-order valence-electron chi connectivity index (χ0n) is 9.90. The van der Waals surface area contributed by atoms with E-state index in [1.165, 1.54) is 0 Å². The quantitative estimate of drug-likeness (QED) is 0.828. The Morgan fingerprint density at radius 2 is 1.88 bits per heavy atom. The van der Waals surface area contributed by atoms with Crippen LogP contribution < -0.4 is 15.4 Å². The van der Waals surface area contributed by atoms with E-state index < -0.39 is 6.09 Å². The molecule has 0 aromatic heterocycles. The molecule has 17 heavy (non-hydrogen) atoms. The molecule has 0 unspecified atom stereocenters. The van der Waals surface area contributed by atoms with Crippen LogP contribution in [0.1, 0.15) is 13.8 Å². The molecule has 0 saturated carbocycles. The normalized spacial score (nSPS) is 9.82. The lowest BCUT2D eigenvalue weighted by molar-refractivity contribution is -0.120. The van der Waals surface area contributed by atoms with E-state index in [1.807, 2.05) is 19.9 Å². The van der Waals surface area contributed by atoms with Crippen LogP contribution in [0.5, 0.6) is 5.75 Å². The van der Waals surface area contributed by atoms with Crippen molar-refractivity contribution in [1.82, 2.24) is 10.6 Å². The van der Waals surface area contributed by atoms with E-state index in [0.717, 1.165) is 0 Å². The van der Waals surface area contributed by atoms with Crippen molar-refractivity contribution in [3.05, 3.63) is 30.3 Å². The highest BCUT2D eigenvalue weighted by Gasteiger charge is 2.07. The van der Waals surface area contributed by atoms with Gasteiger partial charge in [0.15, 0.2) is 0 Å². The van der Waals surface area contributed by atoms with Gasteiger partial charge in [0.05, 0.1) is 0 Å². The Morgan fingerprint density at radius 1 is 1.24 bits per heavy atom. The molecule has 0 heterocycles. The van der Waals surface area contributed by atoms with Crippen LogP contribution in [0.2, 0.25) is 0 Å². The summed E-state index contributed by atoms with van der Waals surface area (Å²) >= 11 is 0. The fourth-order valence-electron chi connectivity index (χ4n) is 1.16. The van der Waals surface area contributed by atoms with Crippen molar-refractivity contribution in [3.8, 4) is 5.75 Å². The molecule has 0 atom stereocenters. The lowest BCUT2D eigenvalue weighted by Crippen LogP contribution is -2.40. The molecular weight excluding hydrogens is 220 g/mol. The SMILES string of the molecule is CC(C)NC(=O)CNC(=O)Oc1ccccc1. The van der Waals surface area contributed by atoms with Crippen LogP contribution >= 0.6 is 0 Å². The van der Waals surface area contributed by atoms with Crippen molar-refractivity contribution in [2.24, 2.45) is 0 Å². The molecule has 0 bridgehead atoms. The predicted molar refractivity (Wildman–Crippen MR) is 63.7 cm³/mol. The van der Waals surface area contributed by atoms with Crippen molar-refractivity contribution >= 4 is 12.0 Å². The second-order valence-electron chi connectivity index (χ2n) is 3.78. The summed E-state index contributed by atoms with van der Waals surface area (Å²) in [5.41, 5.74) is 0. The van der Waals surface area contributed by atoms with Crippen LogP contribution in [0.15, 0.2) is 30.3 Å². The maximum atomic E-state index is 11.3. The van der Waals surface area contributed by atoms with Crippen molar-refractivity contribution in [2.45, 2.75) is 19.9 Å². The van der Waals surface area contributed by atoms with Gasteiger partial charge in [-0.1, -0.05) is 18.2 Å². The third-order valence-corrected chi connectivity index (χ3v) is 1.80. The number of para-hydroxylation sites is 1. The second kappa shape index (κ2) is 6.52. The smallest absolute Gasteiger partial charge is 0.410 e. The number of carbonyl (C=O) groups excluding carboxylic acids is 2. The number of benzene rings is 1. The monoisotopic (exact) mass is 236 g/mol. The van der Waals surface area contributed by atoms with Crippen LogP contribution in [-0.2, 0) is 4.79 Å². The summed E-state index contributed by atoms with van der Waals surface area (Å²) in [7, 11) is 0. The van der Waals surface area contributed by atoms with E-state index in [9.17, 15) is 9.59 Å². The Kier molecular flexibility index (Phi) is 5.00. The molecule has 0 aliphatic rings. The summed E-state index contributed by atoms with van der Waals surface area (Å²) < 4.78 is 4.94. The van der Waals surface area contributed by atoms with Crippen LogP contribution in [0.25, 0.3) is 0 Å². The van der Waals surface area contributed by atoms with E-state index in [-0.39, 0.29) is 18.5 Å². The summed E-state index contributed by atoms with van der Waals surface area (Å²) in [5, 5.41) is 5.02. The summed E-state index contributed by atoms with van der Waals surface area (Å²) in [6.07, 6.45) is -0.643. The number of hydrogen-bond donors (Lipinski definition) is 2. The molecule has 0 aliphatic heterocycles. The Hall–Kier alpha value is -2.04. The first-order valence-corrected chi connectivity index (χ1v) is 5.38. The van der Waals surface area contributed by atoms with Gasteiger partial charge in [-0.2, -0.15) is 0 Å². The fourth-order valence-corrected chi connectivity index (χ4v) is 1.16. The molecule has 0 radical (unpaired) electrons. The minimum atomic E-state index is -0.643. The Bertz CT molecular complexity index is 377. The minimum absolute atomic E-state index is 0.0504. The third-order valence-electron chi connectivity index (χ3n) is 1.80. The maximum Gasteiger partial charge on any atom is 0.413 e. The zero-order valence-corrected chi connectivity index (χ0v) is 9.90. The lowest BCUT2D eigenvalue weighted by atomic mass is 10.3. The topological polar surface area (TPSA) is 67.4 Å². The van der Waals surface area contributed by atoms with Gasteiger partial charge in [-0.25, -0.2) is 4.79 Å².